The molecule has 0 radical (unpaired) electrons. The summed E-state index contributed by atoms with van der Waals surface area (Å²) < 4.78 is 16.2. The number of amides is 1. The first-order valence-electron chi connectivity index (χ1n) is 11.1. The summed E-state index contributed by atoms with van der Waals surface area (Å²) >= 11 is 6.39. The van der Waals surface area contributed by atoms with Crippen LogP contribution in [0.4, 0.5) is 4.79 Å². The van der Waals surface area contributed by atoms with Crippen LogP contribution in [0.1, 0.15) is 34.1 Å². The number of carbonyl (C=O) groups is 1. The lowest BCUT2D eigenvalue weighted by Gasteiger charge is -2.37. The molecule has 1 amide bonds. The van der Waals surface area contributed by atoms with Crippen LogP contribution in [0, 0.1) is 0 Å². The zero-order valence-electron chi connectivity index (χ0n) is 18.6. The largest absolute Gasteiger partial charge is 0.485 e. The van der Waals surface area contributed by atoms with Gasteiger partial charge in [-0.15, -0.1) is 0 Å². The summed E-state index contributed by atoms with van der Waals surface area (Å²) in [7, 11) is 0. The van der Waals surface area contributed by atoms with E-state index in [-0.39, 0.29) is 19.0 Å². The molecule has 1 aromatic heterocycles. The Balaban J connectivity index is 1.48. The molecule has 1 unspecified atom stereocenters. The zero-order chi connectivity index (χ0) is 24.2. The van der Waals surface area contributed by atoms with Crippen molar-refractivity contribution < 1.29 is 18.8 Å². The van der Waals surface area contributed by atoms with Crippen LogP contribution in [0.2, 0.25) is 5.02 Å². The van der Waals surface area contributed by atoms with E-state index in [0.29, 0.717) is 29.3 Å². The average molecular weight is 492 g/mol. The number of rotatable bonds is 6. The Morgan fingerprint density at radius 1 is 1.06 bits per heavy atom. The maximum Gasteiger partial charge on any atom is 0.439 e. The Morgan fingerprint density at radius 3 is 2.66 bits per heavy atom. The van der Waals surface area contributed by atoms with Gasteiger partial charge in [0.05, 0.1) is 6.04 Å². The number of H-pyrrole nitrogens is 1. The van der Waals surface area contributed by atoms with Crippen LogP contribution in [0.5, 0.6) is 5.75 Å². The minimum atomic E-state index is -0.659. The molecule has 1 aliphatic rings. The summed E-state index contributed by atoms with van der Waals surface area (Å²) in [5.74, 6) is 0.0911. The van der Waals surface area contributed by atoms with Crippen molar-refractivity contribution in [3.05, 3.63) is 116 Å². The number of nitrogens with zero attached hydrogens (tertiary/aromatic N) is 2. The molecule has 0 spiro atoms. The lowest BCUT2D eigenvalue weighted by atomic mass is 9.88. The van der Waals surface area contributed by atoms with Crippen molar-refractivity contribution in [1.82, 2.24) is 15.0 Å². The van der Waals surface area contributed by atoms with Crippen molar-refractivity contribution in [3.8, 4) is 5.75 Å². The second-order valence-corrected chi connectivity index (χ2v) is 8.53. The van der Waals surface area contributed by atoms with Crippen LogP contribution in [0.15, 0.2) is 82.1 Å². The molecule has 0 saturated carbocycles. The van der Waals surface area contributed by atoms with E-state index in [1.807, 2.05) is 48.5 Å². The highest BCUT2D eigenvalue weighted by Crippen LogP contribution is 2.41. The molecule has 1 aliphatic heterocycles. The minimum Gasteiger partial charge on any atom is -0.485 e. The fourth-order valence-corrected chi connectivity index (χ4v) is 4.41. The molecule has 4 aromatic rings. The van der Waals surface area contributed by atoms with Gasteiger partial charge >= 0.3 is 11.8 Å². The number of nitrogens with one attached hydrogen (secondary N) is 1. The predicted molar refractivity (Wildman–Crippen MR) is 128 cm³/mol. The lowest BCUT2D eigenvalue weighted by molar-refractivity contribution is 0.0831. The van der Waals surface area contributed by atoms with Crippen LogP contribution in [0.3, 0.4) is 0 Å². The number of hydrogen-bond acceptors (Lipinski definition) is 6. The van der Waals surface area contributed by atoms with Crippen molar-refractivity contribution in [2.24, 2.45) is 0 Å². The van der Waals surface area contributed by atoms with E-state index in [4.69, 9.17) is 21.1 Å². The number of hydrogen-bond donors (Lipinski definition) is 1. The number of fused-ring (bicyclic) bond motifs is 1. The number of ether oxygens (including phenoxy) is 2. The Kier molecular flexibility index (Phi) is 6.54. The van der Waals surface area contributed by atoms with Crippen molar-refractivity contribution in [3.63, 3.8) is 0 Å². The van der Waals surface area contributed by atoms with E-state index in [2.05, 4.69) is 20.7 Å². The van der Waals surface area contributed by atoms with E-state index in [1.165, 1.54) is 0 Å². The first-order valence-corrected chi connectivity index (χ1v) is 11.5. The van der Waals surface area contributed by atoms with Gasteiger partial charge in [0.25, 0.3) is 0 Å². The molecule has 8 nitrogen and oxygen atoms in total. The highest BCUT2D eigenvalue weighted by Gasteiger charge is 2.35. The number of carbonyl (C=O) groups excluding carboxylic acids is 1. The standard InChI is InChI=1S/C26H22ClN3O5/c27-19-10-11-22(33-16-23-28-25(31)35-29-23)21(14-19)24-20-9-5-4-8-18(20)12-13-30(24)26(32)34-15-17-6-2-1-3-7-17/h1-11,14,24H,12-13,15-16H2,(H,28,29,31). The van der Waals surface area contributed by atoms with Crippen LogP contribution in [-0.2, 0) is 24.4 Å². The van der Waals surface area contributed by atoms with Crippen molar-refractivity contribution in [2.45, 2.75) is 25.7 Å². The van der Waals surface area contributed by atoms with Gasteiger partial charge in [-0.3, -0.25) is 14.4 Å². The molecule has 9 heteroatoms. The third-order valence-corrected chi connectivity index (χ3v) is 6.07. The van der Waals surface area contributed by atoms with Crippen molar-refractivity contribution in [2.75, 3.05) is 6.54 Å². The van der Waals surface area contributed by atoms with Crippen LogP contribution >= 0.6 is 11.6 Å². The summed E-state index contributed by atoms with van der Waals surface area (Å²) in [5.41, 5.74) is 3.71. The molecule has 1 atom stereocenters. The number of aromatic nitrogens is 2. The van der Waals surface area contributed by atoms with Gasteiger partial charge < -0.3 is 9.47 Å². The molecule has 3 aromatic carbocycles. The van der Waals surface area contributed by atoms with Gasteiger partial charge in [0.1, 0.15) is 19.0 Å². The summed E-state index contributed by atoms with van der Waals surface area (Å²) in [5, 5.41) is 4.15. The SMILES string of the molecule is O=C(OCc1ccccc1)N1CCc2ccccc2C1c1cc(Cl)ccc1OCc1noc(=O)[nH]1. The predicted octanol–water partition coefficient (Wildman–Crippen LogP) is 4.88. The normalized spacial score (nSPS) is 14.9. The highest BCUT2D eigenvalue weighted by atomic mass is 35.5. The molecule has 0 bridgehead atoms. The number of halogens is 1. The van der Waals surface area contributed by atoms with E-state index in [9.17, 15) is 9.59 Å². The van der Waals surface area contributed by atoms with Crippen molar-refractivity contribution in [1.29, 1.82) is 0 Å². The molecule has 5 rings (SSSR count). The van der Waals surface area contributed by atoms with Crippen LogP contribution in [0.25, 0.3) is 0 Å². The molecule has 1 N–H and O–H groups in total. The Hall–Kier alpha value is -4.04. The third-order valence-electron chi connectivity index (χ3n) is 5.84. The zero-order valence-corrected chi connectivity index (χ0v) is 19.4. The number of benzene rings is 3. The molecular formula is C26H22ClN3O5. The molecule has 178 valence electrons. The Morgan fingerprint density at radius 2 is 1.86 bits per heavy atom. The summed E-state index contributed by atoms with van der Waals surface area (Å²) in [6, 6.07) is 22.3. The van der Waals surface area contributed by atoms with E-state index in [0.717, 1.165) is 16.7 Å². The van der Waals surface area contributed by atoms with Gasteiger partial charge in [0, 0.05) is 17.1 Å². The van der Waals surface area contributed by atoms with Crippen LogP contribution < -0.4 is 10.5 Å². The Bertz CT molecular complexity index is 1390. The summed E-state index contributed by atoms with van der Waals surface area (Å²) in [6.07, 6.45) is 0.268. The van der Waals surface area contributed by atoms with Gasteiger partial charge in [-0.2, -0.15) is 0 Å². The number of aromatic amines is 1. The van der Waals surface area contributed by atoms with Gasteiger partial charge in [0.15, 0.2) is 5.82 Å². The molecule has 2 heterocycles. The fraction of sp³-hybridized carbons (Fsp3) is 0.192. The topological polar surface area (TPSA) is 97.7 Å². The van der Waals surface area contributed by atoms with E-state index in [1.54, 1.807) is 23.1 Å². The molecule has 0 fully saturated rings. The summed E-state index contributed by atoms with van der Waals surface area (Å²) in [6.45, 7) is 0.619. The quantitative estimate of drug-likeness (QED) is 0.413. The second kappa shape index (κ2) is 10.1. The molecule has 0 saturated heterocycles. The Labute approximate surface area is 206 Å². The van der Waals surface area contributed by atoms with E-state index >= 15 is 0 Å². The van der Waals surface area contributed by atoms with Gasteiger partial charge in [0.2, 0.25) is 0 Å². The smallest absolute Gasteiger partial charge is 0.439 e. The lowest BCUT2D eigenvalue weighted by Crippen LogP contribution is -2.41. The van der Waals surface area contributed by atoms with Crippen molar-refractivity contribution >= 4 is 17.7 Å². The van der Waals surface area contributed by atoms with Gasteiger partial charge in [-0.25, -0.2) is 9.59 Å². The third kappa shape index (κ3) is 5.07. The first kappa shape index (κ1) is 22.7. The maximum absolute atomic E-state index is 13.3. The average Bonchev–Trinajstić information content (AvgIpc) is 3.31. The summed E-state index contributed by atoms with van der Waals surface area (Å²) in [4.78, 5) is 28.7. The van der Waals surface area contributed by atoms with Gasteiger partial charge in [-0.05, 0) is 41.3 Å². The van der Waals surface area contributed by atoms with Crippen LogP contribution in [-0.4, -0.2) is 27.7 Å². The highest BCUT2D eigenvalue weighted by molar-refractivity contribution is 6.30. The molecule has 35 heavy (non-hydrogen) atoms. The van der Waals surface area contributed by atoms with E-state index < -0.39 is 17.9 Å². The molecule has 0 aliphatic carbocycles. The maximum atomic E-state index is 13.3. The second-order valence-electron chi connectivity index (χ2n) is 8.10. The molecular weight excluding hydrogens is 470 g/mol. The van der Waals surface area contributed by atoms with Gasteiger partial charge in [-0.1, -0.05) is 71.4 Å². The minimum absolute atomic E-state index is 0.0206. The monoisotopic (exact) mass is 491 g/mol. The first-order chi connectivity index (χ1) is 17.1. The fourth-order valence-electron chi connectivity index (χ4n) is 4.23.